The molecule has 4 heteroatoms. The van der Waals surface area contributed by atoms with Gasteiger partial charge in [0.05, 0.1) is 5.69 Å². The summed E-state index contributed by atoms with van der Waals surface area (Å²) in [4.78, 5) is 12.4. The second-order valence-corrected chi connectivity index (χ2v) is 5.25. The van der Waals surface area contributed by atoms with Crippen molar-refractivity contribution >= 4 is 0 Å². The Hall–Kier alpha value is -1.68. The standard InChI is InChI=1S/C15H22N4/c1-10(2)13(9-16-4)15-18-11(3)14(19-15)12-6-5-7-17-8-12/h5-8,10,13,16H,9H2,1-4H3,(H,18,19). The van der Waals surface area contributed by atoms with Gasteiger partial charge in [0.15, 0.2) is 0 Å². The number of likely N-dealkylation sites (N-methyl/N-ethyl adjacent to an activating group) is 1. The summed E-state index contributed by atoms with van der Waals surface area (Å²) in [6.45, 7) is 7.44. The van der Waals surface area contributed by atoms with Crippen LogP contribution in [0.25, 0.3) is 11.3 Å². The molecule has 2 aromatic heterocycles. The van der Waals surface area contributed by atoms with E-state index < -0.39 is 0 Å². The van der Waals surface area contributed by atoms with Gasteiger partial charge in [0.1, 0.15) is 5.82 Å². The Morgan fingerprint density at radius 2 is 2.16 bits per heavy atom. The smallest absolute Gasteiger partial charge is 0.111 e. The van der Waals surface area contributed by atoms with Crippen molar-refractivity contribution in [1.29, 1.82) is 0 Å². The van der Waals surface area contributed by atoms with Crippen LogP contribution >= 0.6 is 0 Å². The van der Waals surface area contributed by atoms with Crippen molar-refractivity contribution in [3.8, 4) is 11.3 Å². The van der Waals surface area contributed by atoms with E-state index in [1.54, 1.807) is 6.20 Å². The molecule has 0 radical (unpaired) electrons. The largest absolute Gasteiger partial charge is 0.345 e. The van der Waals surface area contributed by atoms with Crippen LogP contribution in [0.3, 0.4) is 0 Å². The number of nitrogens with zero attached hydrogens (tertiary/aromatic N) is 2. The molecular weight excluding hydrogens is 236 g/mol. The number of imidazole rings is 1. The predicted octanol–water partition coefficient (Wildman–Crippen LogP) is 2.74. The molecule has 2 N–H and O–H groups in total. The highest BCUT2D eigenvalue weighted by atomic mass is 15.0. The molecule has 19 heavy (non-hydrogen) atoms. The maximum atomic E-state index is 4.78. The van der Waals surface area contributed by atoms with Gasteiger partial charge in [0.2, 0.25) is 0 Å². The third-order valence-corrected chi connectivity index (χ3v) is 3.42. The van der Waals surface area contributed by atoms with Crippen LogP contribution in [0.5, 0.6) is 0 Å². The second-order valence-electron chi connectivity index (χ2n) is 5.25. The lowest BCUT2D eigenvalue weighted by molar-refractivity contribution is 0.461. The summed E-state index contributed by atoms with van der Waals surface area (Å²) in [5.74, 6) is 1.99. The second kappa shape index (κ2) is 5.97. The number of aryl methyl sites for hydroxylation is 1. The van der Waals surface area contributed by atoms with E-state index in [1.807, 2.05) is 25.4 Å². The number of H-pyrrole nitrogens is 1. The average Bonchev–Trinajstić information content (AvgIpc) is 2.78. The van der Waals surface area contributed by atoms with E-state index in [0.29, 0.717) is 11.8 Å². The zero-order chi connectivity index (χ0) is 13.8. The molecule has 0 aliphatic heterocycles. The summed E-state index contributed by atoms with van der Waals surface area (Å²) >= 11 is 0. The molecule has 1 unspecified atom stereocenters. The van der Waals surface area contributed by atoms with Gasteiger partial charge < -0.3 is 10.3 Å². The molecule has 2 aromatic rings. The molecule has 0 spiro atoms. The molecule has 0 saturated carbocycles. The van der Waals surface area contributed by atoms with Crippen molar-refractivity contribution in [3.05, 3.63) is 36.0 Å². The minimum Gasteiger partial charge on any atom is -0.345 e. The summed E-state index contributed by atoms with van der Waals surface area (Å²) in [7, 11) is 1.98. The molecule has 2 heterocycles. The van der Waals surface area contributed by atoms with Gasteiger partial charge in [0.25, 0.3) is 0 Å². The molecular formula is C15H22N4. The maximum Gasteiger partial charge on any atom is 0.111 e. The van der Waals surface area contributed by atoms with Crippen LogP contribution in [0, 0.1) is 12.8 Å². The highest BCUT2D eigenvalue weighted by Gasteiger charge is 2.20. The molecule has 0 aromatic carbocycles. The van der Waals surface area contributed by atoms with Crippen LogP contribution in [-0.4, -0.2) is 28.5 Å². The molecule has 0 amide bonds. The molecule has 0 aliphatic rings. The van der Waals surface area contributed by atoms with Crippen LogP contribution in [-0.2, 0) is 0 Å². The van der Waals surface area contributed by atoms with Crippen LogP contribution in [0.2, 0.25) is 0 Å². The molecule has 0 bridgehead atoms. The lowest BCUT2D eigenvalue weighted by Crippen LogP contribution is -2.22. The van der Waals surface area contributed by atoms with E-state index in [0.717, 1.165) is 29.3 Å². The molecule has 102 valence electrons. The van der Waals surface area contributed by atoms with Gasteiger partial charge in [-0.3, -0.25) is 4.98 Å². The highest BCUT2D eigenvalue weighted by molar-refractivity contribution is 5.60. The number of pyridine rings is 1. The topological polar surface area (TPSA) is 53.6 Å². The number of aromatic nitrogens is 3. The third-order valence-electron chi connectivity index (χ3n) is 3.42. The number of aromatic amines is 1. The number of hydrogen-bond donors (Lipinski definition) is 2. The summed E-state index contributed by atoms with van der Waals surface area (Å²) in [5, 5.41) is 3.24. The van der Waals surface area contributed by atoms with Crippen molar-refractivity contribution in [2.24, 2.45) is 5.92 Å². The Morgan fingerprint density at radius 3 is 2.74 bits per heavy atom. The molecule has 4 nitrogen and oxygen atoms in total. The number of nitrogens with one attached hydrogen (secondary N) is 2. The fraction of sp³-hybridized carbons (Fsp3) is 0.467. The minimum absolute atomic E-state index is 0.397. The first kappa shape index (κ1) is 13.7. The Labute approximate surface area is 114 Å². The van der Waals surface area contributed by atoms with E-state index in [1.165, 1.54) is 0 Å². The van der Waals surface area contributed by atoms with Crippen LogP contribution in [0.15, 0.2) is 24.5 Å². The van der Waals surface area contributed by atoms with Crippen molar-refractivity contribution < 1.29 is 0 Å². The number of hydrogen-bond acceptors (Lipinski definition) is 3. The first-order chi connectivity index (χ1) is 9.13. The van der Waals surface area contributed by atoms with Gasteiger partial charge in [-0.15, -0.1) is 0 Å². The Kier molecular flexibility index (Phi) is 4.32. The van der Waals surface area contributed by atoms with Crippen molar-refractivity contribution in [3.63, 3.8) is 0 Å². The van der Waals surface area contributed by atoms with Crippen LogP contribution in [0.1, 0.15) is 31.3 Å². The molecule has 0 fully saturated rings. The quantitative estimate of drug-likeness (QED) is 0.867. The third kappa shape index (κ3) is 3.01. The highest BCUT2D eigenvalue weighted by Crippen LogP contribution is 2.26. The first-order valence-electron chi connectivity index (χ1n) is 6.75. The Morgan fingerprint density at radius 1 is 1.37 bits per heavy atom. The SMILES string of the molecule is CNCC(c1nc(-c2cccnc2)c(C)[nH]1)C(C)C. The summed E-state index contributed by atoms with van der Waals surface area (Å²) in [5.41, 5.74) is 3.17. The Balaban J connectivity index is 2.35. The fourth-order valence-corrected chi connectivity index (χ4v) is 2.31. The van der Waals surface area contributed by atoms with Crippen molar-refractivity contribution in [2.75, 3.05) is 13.6 Å². The van der Waals surface area contributed by atoms with Gasteiger partial charge in [0, 0.05) is 36.1 Å². The van der Waals surface area contributed by atoms with E-state index in [-0.39, 0.29) is 0 Å². The normalized spacial score (nSPS) is 12.9. The molecule has 1 atom stereocenters. The van der Waals surface area contributed by atoms with E-state index in [9.17, 15) is 0 Å². The summed E-state index contributed by atoms with van der Waals surface area (Å²) < 4.78 is 0. The lowest BCUT2D eigenvalue weighted by Gasteiger charge is -2.17. The van der Waals surface area contributed by atoms with Gasteiger partial charge in [-0.2, -0.15) is 0 Å². The van der Waals surface area contributed by atoms with Gasteiger partial charge in [-0.05, 0) is 32.0 Å². The van der Waals surface area contributed by atoms with Gasteiger partial charge in [-0.25, -0.2) is 4.98 Å². The minimum atomic E-state index is 0.397. The Bertz CT molecular complexity index is 516. The van der Waals surface area contributed by atoms with Crippen molar-refractivity contribution in [2.45, 2.75) is 26.7 Å². The van der Waals surface area contributed by atoms with Gasteiger partial charge in [-0.1, -0.05) is 13.8 Å². The van der Waals surface area contributed by atoms with E-state index in [4.69, 9.17) is 4.98 Å². The van der Waals surface area contributed by atoms with Crippen molar-refractivity contribution in [1.82, 2.24) is 20.3 Å². The van der Waals surface area contributed by atoms with Gasteiger partial charge >= 0.3 is 0 Å². The summed E-state index contributed by atoms with van der Waals surface area (Å²) in [6, 6.07) is 3.99. The average molecular weight is 258 g/mol. The predicted molar refractivity (Wildman–Crippen MR) is 78.1 cm³/mol. The summed E-state index contributed by atoms with van der Waals surface area (Å²) in [6.07, 6.45) is 3.64. The van der Waals surface area contributed by atoms with E-state index in [2.05, 4.69) is 36.1 Å². The number of rotatable bonds is 5. The van der Waals surface area contributed by atoms with E-state index >= 15 is 0 Å². The maximum absolute atomic E-state index is 4.78. The van der Waals surface area contributed by atoms with Crippen LogP contribution in [0.4, 0.5) is 0 Å². The first-order valence-corrected chi connectivity index (χ1v) is 6.75. The molecule has 0 aliphatic carbocycles. The molecule has 0 saturated heterocycles. The monoisotopic (exact) mass is 258 g/mol. The molecule has 2 rings (SSSR count). The zero-order valence-electron chi connectivity index (χ0n) is 12.1. The lowest BCUT2D eigenvalue weighted by atomic mass is 9.95. The van der Waals surface area contributed by atoms with Crippen LogP contribution < -0.4 is 5.32 Å². The fourth-order valence-electron chi connectivity index (χ4n) is 2.31. The zero-order valence-corrected chi connectivity index (χ0v) is 12.1.